The van der Waals surface area contributed by atoms with E-state index in [4.69, 9.17) is 0 Å². The second kappa shape index (κ2) is 6.59. The lowest BCUT2D eigenvalue weighted by Gasteiger charge is -2.33. The molecule has 0 radical (unpaired) electrons. The first kappa shape index (κ1) is 16.3. The van der Waals surface area contributed by atoms with Gasteiger partial charge in [0.1, 0.15) is 11.5 Å². The average Bonchev–Trinajstić information content (AvgIpc) is 3.34. The number of para-hydroxylation sites is 1. The smallest absolute Gasteiger partial charge is 0.257 e. The van der Waals surface area contributed by atoms with Crippen molar-refractivity contribution in [2.45, 2.75) is 37.8 Å². The first-order valence-electron chi connectivity index (χ1n) is 8.96. The molecule has 2 saturated heterocycles. The van der Waals surface area contributed by atoms with E-state index in [1.54, 1.807) is 30.6 Å². The maximum atomic E-state index is 13.9. The fourth-order valence-corrected chi connectivity index (χ4v) is 4.24. The minimum absolute atomic E-state index is 0.00499. The molecule has 132 valence electrons. The highest BCUT2D eigenvalue weighted by Gasteiger charge is 2.38. The molecule has 2 unspecified atom stereocenters. The molecule has 2 aliphatic heterocycles. The maximum absolute atomic E-state index is 13.9. The van der Waals surface area contributed by atoms with Crippen molar-refractivity contribution in [3.8, 4) is 5.69 Å². The number of hydrogen-bond acceptors (Lipinski definition) is 3. The Kier molecular flexibility index (Phi) is 4.29. The van der Waals surface area contributed by atoms with Gasteiger partial charge in [-0.3, -0.25) is 4.79 Å². The zero-order valence-electron chi connectivity index (χ0n) is 14.4. The summed E-state index contributed by atoms with van der Waals surface area (Å²) in [5.74, 6) is -0.346. The minimum atomic E-state index is -0.351. The summed E-state index contributed by atoms with van der Waals surface area (Å²) in [5, 5.41) is 4.20. The molecule has 0 aliphatic carbocycles. The Labute approximate surface area is 147 Å². The summed E-state index contributed by atoms with van der Waals surface area (Å²) in [5.41, 5.74) is 0.880. The molecule has 0 bridgehead atoms. The van der Waals surface area contributed by atoms with E-state index >= 15 is 0 Å². The zero-order chi connectivity index (χ0) is 17.4. The highest BCUT2D eigenvalue weighted by molar-refractivity contribution is 5.94. The Bertz CT molecular complexity index is 774. The average molecular weight is 342 g/mol. The number of carbonyl (C=O) groups is 1. The van der Waals surface area contributed by atoms with Gasteiger partial charge in [-0.15, -0.1) is 0 Å². The van der Waals surface area contributed by atoms with Crippen molar-refractivity contribution < 1.29 is 9.18 Å². The van der Waals surface area contributed by atoms with Crippen molar-refractivity contribution in [1.82, 2.24) is 19.6 Å². The van der Waals surface area contributed by atoms with Crippen LogP contribution in [0, 0.1) is 5.82 Å². The molecule has 2 aromatic rings. The molecule has 1 amide bonds. The maximum Gasteiger partial charge on any atom is 0.257 e. The lowest BCUT2D eigenvalue weighted by molar-refractivity contribution is 0.0664. The molecule has 6 heteroatoms. The number of likely N-dealkylation sites (N-methyl/N-ethyl adjacent to an activating group) is 1. The van der Waals surface area contributed by atoms with Crippen LogP contribution in [0.4, 0.5) is 4.39 Å². The van der Waals surface area contributed by atoms with Crippen molar-refractivity contribution in [3.05, 3.63) is 48.0 Å². The van der Waals surface area contributed by atoms with Crippen molar-refractivity contribution >= 4 is 5.91 Å². The predicted molar refractivity (Wildman–Crippen MR) is 93.2 cm³/mol. The molecule has 1 aromatic carbocycles. The van der Waals surface area contributed by atoms with E-state index < -0.39 is 0 Å². The van der Waals surface area contributed by atoms with Crippen LogP contribution in [0.25, 0.3) is 5.69 Å². The zero-order valence-corrected chi connectivity index (χ0v) is 14.4. The number of nitrogens with zero attached hydrogens (tertiary/aromatic N) is 4. The molecule has 4 rings (SSSR count). The third-order valence-electron chi connectivity index (χ3n) is 5.51. The van der Waals surface area contributed by atoms with Gasteiger partial charge in [-0.05, 0) is 51.4 Å². The number of aromatic nitrogens is 2. The van der Waals surface area contributed by atoms with Crippen LogP contribution >= 0.6 is 0 Å². The normalized spacial score (nSPS) is 24.2. The number of likely N-dealkylation sites (tertiary alicyclic amines) is 2. The first-order valence-corrected chi connectivity index (χ1v) is 8.96. The standard InChI is InChI=1S/C19H23FN4O/c1-22-10-4-8-17(22)18-9-5-11-23(18)19(25)14-12-21-24(13-14)16-7-3-2-6-15(16)20/h2-3,6-7,12-13,17-18H,4-5,8-11H2,1H3. The second-order valence-electron chi connectivity index (χ2n) is 7.02. The van der Waals surface area contributed by atoms with Crippen molar-refractivity contribution in [2.75, 3.05) is 20.1 Å². The van der Waals surface area contributed by atoms with Gasteiger partial charge in [-0.1, -0.05) is 12.1 Å². The van der Waals surface area contributed by atoms with Gasteiger partial charge in [0.15, 0.2) is 0 Å². The van der Waals surface area contributed by atoms with Gasteiger partial charge in [-0.2, -0.15) is 5.10 Å². The monoisotopic (exact) mass is 342 g/mol. The van der Waals surface area contributed by atoms with E-state index in [0.717, 1.165) is 32.4 Å². The van der Waals surface area contributed by atoms with Gasteiger partial charge >= 0.3 is 0 Å². The van der Waals surface area contributed by atoms with Crippen molar-refractivity contribution in [2.24, 2.45) is 0 Å². The van der Waals surface area contributed by atoms with Crippen LogP contribution in [0.15, 0.2) is 36.7 Å². The highest BCUT2D eigenvalue weighted by atomic mass is 19.1. The molecule has 0 N–H and O–H groups in total. The minimum Gasteiger partial charge on any atom is -0.334 e. The van der Waals surface area contributed by atoms with Crippen LogP contribution in [-0.4, -0.2) is 57.7 Å². The van der Waals surface area contributed by atoms with Crippen LogP contribution in [0.5, 0.6) is 0 Å². The van der Waals surface area contributed by atoms with E-state index in [2.05, 4.69) is 17.0 Å². The Hall–Kier alpha value is -2.21. The van der Waals surface area contributed by atoms with E-state index in [9.17, 15) is 9.18 Å². The van der Waals surface area contributed by atoms with Crippen LogP contribution in [-0.2, 0) is 0 Å². The van der Waals surface area contributed by atoms with Crippen molar-refractivity contribution in [1.29, 1.82) is 0 Å². The third-order valence-corrected chi connectivity index (χ3v) is 5.51. The SMILES string of the molecule is CN1CCCC1C1CCCN1C(=O)c1cnn(-c2ccccc2F)c1. The molecule has 25 heavy (non-hydrogen) atoms. The largest absolute Gasteiger partial charge is 0.334 e. The Morgan fingerprint density at radius 2 is 1.92 bits per heavy atom. The summed E-state index contributed by atoms with van der Waals surface area (Å²) in [6.07, 6.45) is 7.63. The Balaban J connectivity index is 1.56. The molecule has 3 heterocycles. The molecule has 0 spiro atoms. The van der Waals surface area contributed by atoms with E-state index in [1.165, 1.54) is 17.2 Å². The first-order chi connectivity index (χ1) is 12.1. The topological polar surface area (TPSA) is 41.4 Å². The lowest BCUT2D eigenvalue weighted by Crippen LogP contribution is -2.47. The van der Waals surface area contributed by atoms with E-state index in [1.807, 2.05) is 4.90 Å². The molecular formula is C19H23FN4O. The number of amides is 1. The molecule has 1 aromatic heterocycles. The molecule has 2 atom stereocenters. The number of benzene rings is 1. The van der Waals surface area contributed by atoms with Gasteiger partial charge < -0.3 is 9.80 Å². The van der Waals surface area contributed by atoms with E-state index in [0.29, 0.717) is 17.3 Å². The molecule has 2 aliphatic rings. The number of rotatable bonds is 3. The van der Waals surface area contributed by atoms with Gasteiger partial charge in [0.05, 0.1) is 11.8 Å². The molecule has 5 nitrogen and oxygen atoms in total. The summed E-state index contributed by atoms with van der Waals surface area (Å²) in [6, 6.07) is 7.17. The summed E-state index contributed by atoms with van der Waals surface area (Å²) in [4.78, 5) is 17.4. The molecule has 2 fully saturated rings. The van der Waals surface area contributed by atoms with Crippen LogP contribution < -0.4 is 0 Å². The lowest BCUT2D eigenvalue weighted by atomic mass is 10.0. The summed E-state index contributed by atoms with van der Waals surface area (Å²) < 4.78 is 15.4. The second-order valence-corrected chi connectivity index (χ2v) is 7.02. The Morgan fingerprint density at radius 3 is 2.68 bits per heavy atom. The number of carbonyl (C=O) groups excluding carboxylic acids is 1. The summed E-state index contributed by atoms with van der Waals surface area (Å²) in [7, 11) is 2.15. The van der Waals surface area contributed by atoms with Crippen LogP contribution in [0.1, 0.15) is 36.0 Å². The van der Waals surface area contributed by atoms with Crippen LogP contribution in [0.2, 0.25) is 0 Å². The predicted octanol–water partition coefficient (Wildman–Crippen LogP) is 2.71. The highest BCUT2D eigenvalue weighted by Crippen LogP contribution is 2.30. The van der Waals surface area contributed by atoms with Crippen LogP contribution in [0.3, 0.4) is 0 Å². The third kappa shape index (κ3) is 2.95. The number of hydrogen-bond donors (Lipinski definition) is 0. The number of halogens is 1. The van der Waals surface area contributed by atoms with Crippen molar-refractivity contribution in [3.63, 3.8) is 0 Å². The molecule has 0 saturated carbocycles. The fraction of sp³-hybridized carbons (Fsp3) is 0.474. The quantitative estimate of drug-likeness (QED) is 0.861. The van der Waals surface area contributed by atoms with E-state index in [-0.39, 0.29) is 17.8 Å². The Morgan fingerprint density at radius 1 is 1.16 bits per heavy atom. The van der Waals surface area contributed by atoms with Gasteiger partial charge in [0.25, 0.3) is 5.91 Å². The van der Waals surface area contributed by atoms with Gasteiger partial charge in [-0.25, -0.2) is 9.07 Å². The summed E-state index contributed by atoms with van der Waals surface area (Å²) >= 11 is 0. The molecular weight excluding hydrogens is 319 g/mol. The fourth-order valence-electron chi connectivity index (χ4n) is 4.24. The summed E-state index contributed by atoms with van der Waals surface area (Å²) in [6.45, 7) is 1.90. The van der Waals surface area contributed by atoms with Gasteiger partial charge in [0.2, 0.25) is 0 Å². The van der Waals surface area contributed by atoms with Gasteiger partial charge in [0, 0.05) is 24.8 Å².